The van der Waals surface area contributed by atoms with E-state index in [2.05, 4.69) is 20.6 Å². The van der Waals surface area contributed by atoms with Gasteiger partial charge in [0.05, 0.1) is 0 Å². The molecule has 0 aromatic carbocycles. The predicted molar refractivity (Wildman–Crippen MR) is 59.5 cm³/mol. The molecule has 5 nitrogen and oxygen atoms in total. The lowest BCUT2D eigenvalue weighted by Crippen LogP contribution is -2.32. The molecule has 0 atom stereocenters. The molecule has 1 fully saturated rings. The minimum absolute atomic E-state index is 0.199. The van der Waals surface area contributed by atoms with Crippen molar-refractivity contribution in [1.82, 2.24) is 20.6 Å². The molecule has 1 aromatic rings. The van der Waals surface area contributed by atoms with Crippen molar-refractivity contribution in [1.29, 1.82) is 0 Å². The van der Waals surface area contributed by atoms with Gasteiger partial charge in [-0.05, 0) is 12.8 Å². The number of hydrogen-bond donors (Lipinski definition) is 2. The maximum Gasteiger partial charge on any atom is 0.223 e. The molecule has 0 bridgehead atoms. The highest BCUT2D eigenvalue weighted by molar-refractivity contribution is 5.80. The Hall–Kier alpha value is -1.49. The molecule has 0 unspecified atom stereocenters. The molecule has 1 amide bonds. The first-order valence-electron chi connectivity index (χ1n) is 5.58. The van der Waals surface area contributed by atoms with Crippen LogP contribution in [0.25, 0.3) is 0 Å². The van der Waals surface area contributed by atoms with Gasteiger partial charge in [-0.15, -0.1) is 0 Å². The van der Waals surface area contributed by atoms with Gasteiger partial charge in [-0.1, -0.05) is 0 Å². The number of rotatable bonds is 6. The van der Waals surface area contributed by atoms with Crippen LogP contribution in [0.2, 0.25) is 0 Å². The Morgan fingerprint density at radius 1 is 1.31 bits per heavy atom. The lowest BCUT2D eigenvalue weighted by atomic mass is 10.3. The van der Waals surface area contributed by atoms with Gasteiger partial charge in [0.25, 0.3) is 0 Å². The summed E-state index contributed by atoms with van der Waals surface area (Å²) >= 11 is 0. The number of nitrogens with one attached hydrogen (secondary N) is 2. The maximum absolute atomic E-state index is 11.3. The molecule has 1 aromatic heterocycles. The molecule has 0 saturated heterocycles. The number of aromatic nitrogens is 2. The summed E-state index contributed by atoms with van der Waals surface area (Å²) in [5, 5.41) is 6.12. The van der Waals surface area contributed by atoms with E-state index in [1.54, 1.807) is 12.4 Å². The van der Waals surface area contributed by atoms with Gasteiger partial charge >= 0.3 is 0 Å². The van der Waals surface area contributed by atoms with E-state index in [1.165, 1.54) is 6.33 Å². The Morgan fingerprint density at radius 2 is 2.06 bits per heavy atom. The van der Waals surface area contributed by atoms with Crippen LogP contribution in [0.15, 0.2) is 18.7 Å². The topological polar surface area (TPSA) is 66.9 Å². The van der Waals surface area contributed by atoms with Crippen LogP contribution in [0.5, 0.6) is 0 Å². The van der Waals surface area contributed by atoms with Gasteiger partial charge in [0.15, 0.2) is 0 Å². The van der Waals surface area contributed by atoms with E-state index in [0.717, 1.165) is 31.5 Å². The standard InChI is InChI=1S/C11H16N4O/c16-11(10-1-2-10)15-4-3-12-5-9-6-13-8-14-7-9/h6-8,10,12H,1-5H2,(H,15,16). The summed E-state index contributed by atoms with van der Waals surface area (Å²) in [5.74, 6) is 0.493. The van der Waals surface area contributed by atoms with Crippen molar-refractivity contribution in [3.05, 3.63) is 24.3 Å². The largest absolute Gasteiger partial charge is 0.355 e. The Bertz CT molecular complexity index is 337. The van der Waals surface area contributed by atoms with Crippen molar-refractivity contribution < 1.29 is 4.79 Å². The molecule has 86 valence electrons. The van der Waals surface area contributed by atoms with Crippen LogP contribution in [0.1, 0.15) is 18.4 Å². The summed E-state index contributed by atoms with van der Waals surface area (Å²) in [4.78, 5) is 19.1. The van der Waals surface area contributed by atoms with Crippen LogP contribution in [0.3, 0.4) is 0 Å². The van der Waals surface area contributed by atoms with Crippen molar-refractivity contribution in [2.45, 2.75) is 19.4 Å². The van der Waals surface area contributed by atoms with Crippen molar-refractivity contribution in [3.63, 3.8) is 0 Å². The lowest BCUT2D eigenvalue weighted by molar-refractivity contribution is -0.122. The molecule has 2 rings (SSSR count). The number of carbonyl (C=O) groups excluding carboxylic acids is 1. The van der Waals surface area contributed by atoms with Gasteiger partial charge in [-0.25, -0.2) is 9.97 Å². The second-order valence-corrected chi connectivity index (χ2v) is 3.99. The molecule has 1 aliphatic rings. The molecular weight excluding hydrogens is 204 g/mol. The summed E-state index contributed by atoms with van der Waals surface area (Å²) < 4.78 is 0. The first-order valence-corrected chi connectivity index (χ1v) is 5.58. The maximum atomic E-state index is 11.3. The molecule has 1 aliphatic carbocycles. The van der Waals surface area contributed by atoms with E-state index in [-0.39, 0.29) is 5.91 Å². The molecular formula is C11H16N4O. The van der Waals surface area contributed by atoms with Crippen molar-refractivity contribution in [2.24, 2.45) is 5.92 Å². The van der Waals surface area contributed by atoms with E-state index in [9.17, 15) is 4.79 Å². The second-order valence-electron chi connectivity index (χ2n) is 3.99. The third-order valence-corrected chi connectivity index (χ3v) is 2.49. The van der Waals surface area contributed by atoms with Crippen molar-refractivity contribution >= 4 is 5.91 Å². The summed E-state index contributed by atoms with van der Waals surface area (Å²) in [5.41, 5.74) is 1.05. The Balaban J connectivity index is 1.53. The van der Waals surface area contributed by atoms with Crippen LogP contribution in [-0.4, -0.2) is 29.0 Å². The van der Waals surface area contributed by atoms with E-state index in [0.29, 0.717) is 12.5 Å². The Kier molecular flexibility index (Phi) is 3.82. The highest BCUT2D eigenvalue weighted by Gasteiger charge is 2.28. The van der Waals surface area contributed by atoms with E-state index < -0.39 is 0 Å². The number of amides is 1. The van der Waals surface area contributed by atoms with Gasteiger partial charge in [0.1, 0.15) is 6.33 Å². The zero-order chi connectivity index (χ0) is 11.2. The minimum atomic E-state index is 0.199. The normalized spacial score (nSPS) is 14.8. The first kappa shape index (κ1) is 11.0. The molecule has 1 saturated carbocycles. The van der Waals surface area contributed by atoms with Crippen LogP contribution >= 0.6 is 0 Å². The average molecular weight is 220 g/mol. The molecule has 0 spiro atoms. The molecule has 0 aliphatic heterocycles. The number of nitrogens with zero attached hydrogens (tertiary/aromatic N) is 2. The highest BCUT2D eigenvalue weighted by Crippen LogP contribution is 2.28. The van der Waals surface area contributed by atoms with Crippen LogP contribution in [0.4, 0.5) is 0 Å². The van der Waals surface area contributed by atoms with Gasteiger partial charge in [-0.2, -0.15) is 0 Å². The first-order chi connectivity index (χ1) is 7.86. The zero-order valence-corrected chi connectivity index (χ0v) is 9.15. The lowest BCUT2D eigenvalue weighted by Gasteiger charge is -2.05. The second kappa shape index (κ2) is 5.55. The fourth-order valence-electron chi connectivity index (χ4n) is 1.42. The Labute approximate surface area is 94.7 Å². The molecule has 1 heterocycles. The molecule has 5 heteroatoms. The van der Waals surface area contributed by atoms with E-state index in [1.807, 2.05) is 0 Å². The van der Waals surface area contributed by atoms with Gasteiger partial charge < -0.3 is 10.6 Å². The smallest absolute Gasteiger partial charge is 0.223 e. The van der Waals surface area contributed by atoms with Gasteiger partial charge in [0, 0.05) is 43.5 Å². The zero-order valence-electron chi connectivity index (χ0n) is 9.15. The summed E-state index contributed by atoms with van der Waals surface area (Å²) in [7, 11) is 0. The highest BCUT2D eigenvalue weighted by atomic mass is 16.2. The minimum Gasteiger partial charge on any atom is -0.355 e. The average Bonchev–Trinajstić information content (AvgIpc) is 3.13. The summed E-state index contributed by atoms with van der Waals surface area (Å²) in [6.45, 7) is 2.19. The molecule has 0 radical (unpaired) electrons. The van der Waals surface area contributed by atoms with Crippen molar-refractivity contribution in [3.8, 4) is 0 Å². The number of carbonyl (C=O) groups is 1. The monoisotopic (exact) mass is 220 g/mol. The van der Waals surface area contributed by atoms with Crippen LogP contribution < -0.4 is 10.6 Å². The third kappa shape index (κ3) is 3.58. The third-order valence-electron chi connectivity index (χ3n) is 2.49. The van der Waals surface area contributed by atoms with Crippen LogP contribution in [-0.2, 0) is 11.3 Å². The fourth-order valence-corrected chi connectivity index (χ4v) is 1.42. The fraction of sp³-hybridized carbons (Fsp3) is 0.545. The SMILES string of the molecule is O=C(NCCNCc1cncnc1)C1CC1. The quantitative estimate of drug-likeness (QED) is 0.667. The van der Waals surface area contributed by atoms with Crippen LogP contribution in [0, 0.1) is 5.92 Å². The molecule has 16 heavy (non-hydrogen) atoms. The van der Waals surface area contributed by atoms with Gasteiger partial charge in [0.2, 0.25) is 5.91 Å². The van der Waals surface area contributed by atoms with Gasteiger partial charge in [-0.3, -0.25) is 4.79 Å². The summed E-state index contributed by atoms with van der Waals surface area (Å²) in [6.07, 6.45) is 7.19. The van der Waals surface area contributed by atoms with Crippen molar-refractivity contribution in [2.75, 3.05) is 13.1 Å². The predicted octanol–water partition coefficient (Wildman–Crippen LogP) is 0.0924. The molecule has 2 N–H and O–H groups in total. The Morgan fingerprint density at radius 3 is 2.75 bits per heavy atom. The van der Waals surface area contributed by atoms with E-state index in [4.69, 9.17) is 0 Å². The summed E-state index contributed by atoms with van der Waals surface area (Å²) in [6, 6.07) is 0. The van der Waals surface area contributed by atoms with E-state index >= 15 is 0 Å². The number of hydrogen-bond acceptors (Lipinski definition) is 4.